The maximum Gasteiger partial charge on any atom is 0.224 e. The van der Waals surface area contributed by atoms with Gasteiger partial charge in [0.2, 0.25) is 5.43 Å². The second-order valence-corrected chi connectivity index (χ2v) is 4.69. The second kappa shape index (κ2) is 11.5. The summed E-state index contributed by atoms with van der Waals surface area (Å²) in [6, 6.07) is 10.9. The number of allylic oxidation sites excluding steroid dienone is 4. The molecule has 0 aliphatic rings. The number of H-pyrrole nitrogens is 1. The van der Waals surface area contributed by atoms with Gasteiger partial charge in [-0.3, -0.25) is 4.79 Å². The third-order valence-electron chi connectivity index (χ3n) is 2.96. The fraction of sp³-hybridized carbons (Fsp3) is 0.190. The molecule has 0 spiro atoms. The van der Waals surface area contributed by atoms with E-state index in [4.69, 9.17) is 9.47 Å². The lowest BCUT2D eigenvalue weighted by molar-refractivity contribution is 0.300. The number of aromatic nitrogens is 1. The van der Waals surface area contributed by atoms with Crippen molar-refractivity contribution in [3.05, 3.63) is 95.2 Å². The first-order chi connectivity index (χ1) is 12.2. The van der Waals surface area contributed by atoms with Gasteiger partial charge in [-0.1, -0.05) is 50.8 Å². The molecule has 1 aromatic heterocycles. The molecule has 0 amide bonds. The van der Waals surface area contributed by atoms with Crippen LogP contribution in [0.4, 0.5) is 0 Å². The van der Waals surface area contributed by atoms with Gasteiger partial charge in [0.25, 0.3) is 0 Å². The Balaban J connectivity index is 0.00000151. The maximum atomic E-state index is 12.1. The summed E-state index contributed by atoms with van der Waals surface area (Å²) >= 11 is 0. The maximum absolute atomic E-state index is 12.1. The molecule has 0 atom stereocenters. The molecule has 0 radical (unpaired) electrons. The van der Waals surface area contributed by atoms with E-state index in [1.807, 2.05) is 63.3 Å². The number of nitrogens with one attached hydrogen (secondary N) is 1. The van der Waals surface area contributed by atoms with E-state index in [1.165, 1.54) is 12.3 Å². The van der Waals surface area contributed by atoms with Crippen LogP contribution in [0.15, 0.2) is 84.0 Å². The average Bonchev–Trinajstić information content (AvgIpc) is 2.67. The van der Waals surface area contributed by atoms with Crippen LogP contribution in [-0.4, -0.2) is 4.98 Å². The van der Waals surface area contributed by atoms with Crippen molar-refractivity contribution in [2.24, 2.45) is 0 Å². The van der Waals surface area contributed by atoms with Crippen molar-refractivity contribution < 1.29 is 9.47 Å². The van der Waals surface area contributed by atoms with Crippen molar-refractivity contribution in [1.82, 2.24) is 4.98 Å². The summed E-state index contributed by atoms with van der Waals surface area (Å²) in [4.78, 5) is 15.1. The topological polar surface area (TPSA) is 51.3 Å². The molecule has 0 aliphatic carbocycles. The zero-order chi connectivity index (χ0) is 18.5. The van der Waals surface area contributed by atoms with Gasteiger partial charge in [-0.05, 0) is 31.2 Å². The van der Waals surface area contributed by atoms with Gasteiger partial charge in [-0.2, -0.15) is 0 Å². The van der Waals surface area contributed by atoms with E-state index in [9.17, 15) is 4.79 Å². The van der Waals surface area contributed by atoms with E-state index in [0.717, 1.165) is 5.75 Å². The van der Waals surface area contributed by atoms with Gasteiger partial charge in [0.15, 0.2) is 5.75 Å². The molecule has 0 unspecified atom stereocenters. The quantitative estimate of drug-likeness (QED) is 0.570. The molecule has 0 bridgehead atoms. The van der Waals surface area contributed by atoms with E-state index < -0.39 is 0 Å². The molecule has 0 saturated heterocycles. The van der Waals surface area contributed by atoms with Gasteiger partial charge in [0, 0.05) is 12.3 Å². The van der Waals surface area contributed by atoms with Gasteiger partial charge >= 0.3 is 0 Å². The van der Waals surface area contributed by atoms with Crippen LogP contribution >= 0.6 is 0 Å². The third kappa shape index (κ3) is 6.96. The zero-order valence-corrected chi connectivity index (χ0v) is 15.0. The molecule has 4 heteroatoms. The van der Waals surface area contributed by atoms with Crippen LogP contribution in [-0.2, 0) is 6.61 Å². The fourth-order valence-corrected chi connectivity index (χ4v) is 1.80. The van der Waals surface area contributed by atoms with Gasteiger partial charge < -0.3 is 14.5 Å². The number of hydrogen-bond acceptors (Lipinski definition) is 3. The molecule has 0 aliphatic heterocycles. The van der Waals surface area contributed by atoms with Crippen molar-refractivity contribution in [2.45, 2.75) is 27.4 Å². The van der Waals surface area contributed by atoms with Crippen LogP contribution in [0, 0.1) is 0 Å². The summed E-state index contributed by atoms with van der Waals surface area (Å²) in [6.45, 7) is 9.84. The Hall–Kier alpha value is -3.01. The van der Waals surface area contributed by atoms with Gasteiger partial charge in [0.1, 0.15) is 18.1 Å². The SMILES string of the molecule is C=C/C(=C\C=C/C)Oc1c[nH]c(COc2ccccc2)cc1=O.CC. The molecule has 132 valence electrons. The first-order valence-corrected chi connectivity index (χ1v) is 8.25. The minimum Gasteiger partial charge on any atom is -0.487 e. The van der Waals surface area contributed by atoms with Crippen LogP contribution in [0.2, 0.25) is 0 Å². The number of ether oxygens (including phenoxy) is 2. The Morgan fingerprint density at radius 2 is 1.96 bits per heavy atom. The highest BCUT2D eigenvalue weighted by molar-refractivity contribution is 5.27. The van der Waals surface area contributed by atoms with E-state index in [0.29, 0.717) is 11.5 Å². The molecule has 2 rings (SSSR count). The van der Waals surface area contributed by atoms with E-state index >= 15 is 0 Å². The molecule has 0 saturated carbocycles. The summed E-state index contributed by atoms with van der Waals surface area (Å²) in [6.07, 6.45) is 8.48. The average molecular weight is 339 g/mol. The lowest BCUT2D eigenvalue weighted by Gasteiger charge is -2.08. The van der Waals surface area contributed by atoms with E-state index in [1.54, 1.807) is 12.2 Å². The zero-order valence-electron chi connectivity index (χ0n) is 15.0. The van der Waals surface area contributed by atoms with Crippen LogP contribution in [0.5, 0.6) is 11.5 Å². The highest BCUT2D eigenvalue weighted by atomic mass is 16.5. The van der Waals surface area contributed by atoms with Crippen LogP contribution in [0.3, 0.4) is 0 Å². The third-order valence-corrected chi connectivity index (χ3v) is 2.96. The van der Waals surface area contributed by atoms with Crippen LogP contribution < -0.4 is 14.9 Å². The second-order valence-electron chi connectivity index (χ2n) is 4.69. The molecular weight excluding hydrogens is 314 g/mol. The molecule has 1 heterocycles. The minimum absolute atomic E-state index is 0.212. The Morgan fingerprint density at radius 3 is 2.56 bits per heavy atom. The minimum atomic E-state index is -0.219. The summed E-state index contributed by atoms with van der Waals surface area (Å²) < 4.78 is 11.1. The van der Waals surface area contributed by atoms with E-state index in [2.05, 4.69) is 11.6 Å². The number of pyridine rings is 1. The van der Waals surface area contributed by atoms with Crippen molar-refractivity contribution >= 4 is 0 Å². The highest BCUT2D eigenvalue weighted by Crippen LogP contribution is 2.12. The molecule has 2 aromatic rings. The molecule has 25 heavy (non-hydrogen) atoms. The largest absolute Gasteiger partial charge is 0.487 e. The summed E-state index contributed by atoms with van der Waals surface area (Å²) in [5.74, 6) is 1.46. The lowest BCUT2D eigenvalue weighted by Crippen LogP contribution is -2.10. The Kier molecular flexibility index (Phi) is 9.23. The first kappa shape index (κ1) is 20.0. The molecule has 4 nitrogen and oxygen atoms in total. The lowest BCUT2D eigenvalue weighted by atomic mass is 10.3. The molecule has 1 aromatic carbocycles. The number of rotatable bonds is 7. The van der Waals surface area contributed by atoms with Crippen LogP contribution in [0.1, 0.15) is 26.5 Å². The Bertz CT molecular complexity index is 758. The number of benzene rings is 1. The first-order valence-electron chi connectivity index (χ1n) is 8.25. The smallest absolute Gasteiger partial charge is 0.224 e. The fourth-order valence-electron chi connectivity index (χ4n) is 1.80. The summed E-state index contributed by atoms with van der Waals surface area (Å²) in [7, 11) is 0. The monoisotopic (exact) mass is 339 g/mol. The van der Waals surface area contributed by atoms with E-state index in [-0.39, 0.29) is 17.8 Å². The summed E-state index contributed by atoms with van der Waals surface area (Å²) in [5.41, 5.74) is 0.451. The Morgan fingerprint density at radius 1 is 1.24 bits per heavy atom. The predicted octanol–water partition coefficient (Wildman–Crippen LogP) is 5.00. The molecule has 1 N–H and O–H groups in total. The van der Waals surface area contributed by atoms with Crippen molar-refractivity contribution in [3.63, 3.8) is 0 Å². The number of hydrogen-bond donors (Lipinski definition) is 1. The van der Waals surface area contributed by atoms with Crippen molar-refractivity contribution in [3.8, 4) is 11.5 Å². The number of aromatic amines is 1. The number of para-hydroxylation sites is 1. The molecular formula is C21H25NO3. The van der Waals surface area contributed by atoms with Gasteiger partial charge in [0.05, 0.1) is 5.69 Å². The van der Waals surface area contributed by atoms with Crippen LogP contribution in [0.25, 0.3) is 0 Å². The summed E-state index contributed by atoms with van der Waals surface area (Å²) in [5, 5.41) is 0. The van der Waals surface area contributed by atoms with Gasteiger partial charge in [-0.15, -0.1) is 0 Å². The van der Waals surface area contributed by atoms with Crippen molar-refractivity contribution in [1.29, 1.82) is 0 Å². The Labute approximate surface area is 149 Å². The normalized spacial score (nSPS) is 10.8. The standard InChI is InChI=1S/C19H19NO3.C2H6/c1-3-5-9-16(4-2)23-19-13-20-15(12-18(19)21)14-22-17-10-7-6-8-11-17;1-2/h3-13H,2,14H2,1H3,(H,20,21);1-2H3/b5-3-,16-9+;. The predicted molar refractivity (Wildman–Crippen MR) is 103 cm³/mol. The highest BCUT2D eigenvalue weighted by Gasteiger charge is 2.05. The van der Waals surface area contributed by atoms with Gasteiger partial charge in [-0.25, -0.2) is 0 Å². The molecule has 0 fully saturated rings. The van der Waals surface area contributed by atoms with Crippen molar-refractivity contribution in [2.75, 3.05) is 0 Å².